The number of aromatic nitrogens is 8. The maximum atomic E-state index is 16.6. The van der Waals surface area contributed by atoms with Gasteiger partial charge in [0.1, 0.15) is 22.7 Å². The molecular formula is C96H76F24N12O10. The van der Waals surface area contributed by atoms with Crippen LogP contribution < -0.4 is 21.3 Å². The molecule has 0 saturated heterocycles. The number of benzene rings is 6. The first-order valence-electron chi connectivity index (χ1n) is 43.0. The van der Waals surface area contributed by atoms with Gasteiger partial charge in [-0.3, -0.25) is 0 Å². The molecule has 0 radical (unpaired) electrons. The highest BCUT2D eigenvalue weighted by molar-refractivity contribution is 6.04. The number of anilines is 4. The van der Waals surface area contributed by atoms with Crippen LogP contribution in [0.3, 0.4) is 0 Å². The average Bonchev–Trinajstić information content (AvgIpc) is 1.56. The van der Waals surface area contributed by atoms with Crippen molar-refractivity contribution in [1.29, 1.82) is 0 Å². The maximum Gasteiger partial charge on any atom is 0.185 e. The minimum atomic E-state index is -2.13. The smallest absolute Gasteiger partial charge is 0.185 e. The van der Waals surface area contributed by atoms with E-state index in [1.807, 2.05) is 21.3 Å². The Bertz CT molecular complexity index is 7090. The Morgan fingerprint density at radius 2 is 0.387 bits per heavy atom. The molecule has 0 fully saturated rings. The van der Waals surface area contributed by atoms with E-state index < -0.39 is 398 Å². The highest BCUT2D eigenvalue weighted by Crippen LogP contribution is 2.49. The van der Waals surface area contributed by atoms with Crippen molar-refractivity contribution < 1.29 is 156 Å². The Balaban J connectivity index is 0.000000214. The van der Waals surface area contributed by atoms with E-state index in [2.05, 4.69) is 39.9 Å². The van der Waals surface area contributed by atoms with E-state index in [0.29, 0.717) is 0 Å². The average molecular weight is 2010 g/mol. The van der Waals surface area contributed by atoms with E-state index in [4.69, 9.17) is 10.2 Å². The third-order valence-electron chi connectivity index (χ3n) is 23.7. The Hall–Kier alpha value is -14.1. The number of aliphatic hydroxyl groups is 10. The number of hydrogen-bond donors (Lipinski definition) is 20. The van der Waals surface area contributed by atoms with E-state index in [1.165, 1.54) is 24.3 Å². The van der Waals surface area contributed by atoms with Crippen molar-refractivity contribution in [3.05, 3.63) is 246 Å². The highest BCUT2D eigenvalue weighted by atomic mass is 19.2. The van der Waals surface area contributed by atoms with Crippen LogP contribution in [0.1, 0.15) is 73.4 Å². The van der Waals surface area contributed by atoms with Gasteiger partial charge in [0.2, 0.25) is 0 Å². The van der Waals surface area contributed by atoms with Gasteiger partial charge >= 0.3 is 0 Å². The highest BCUT2D eigenvalue weighted by Gasteiger charge is 2.38. The summed E-state index contributed by atoms with van der Waals surface area (Å²) in [7, 11) is 0. The van der Waals surface area contributed by atoms with Crippen LogP contribution in [0, 0.1) is 140 Å². The summed E-state index contributed by atoms with van der Waals surface area (Å²) in [4.78, 5) is 24.8. The first-order chi connectivity index (χ1) is 67.6. The van der Waals surface area contributed by atoms with Gasteiger partial charge < -0.3 is 102 Å². The number of nitrogens with one attached hydrogen (secondary N) is 10. The summed E-state index contributed by atoms with van der Waals surface area (Å²) in [6, 6.07) is 12.6. The molecule has 20 N–H and O–H groups in total. The van der Waals surface area contributed by atoms with Crippen molar-refractivity contribution in [2.45, 2.75) is 89.0 Å². The van der Waals surface area contributed by atoms with Crippen LogP contribution in [0.15, 0.2) is 72.8 Å². The second kappa shape index (κ2) is 41.6. The lowest BCUT2D eigenvalue weighted by Crippen LogP contribution is -2.24. The van der Waals surface area contributed by atoms with Gasteiger partial charge in [0, 0.05) is 126 Å². The van der Waals surface area contributed by atoms with Crippen molar-refractivity contribution in [3.63, 3.8) is 0 Å². The molecule has 0 aliphatic carbocycles. The lowest BCUT2D eigenvalue weighted by atomic mass is 9.97. The number of H-pyrrole nitrogens is 6. The molecule has 748 valence electrons. The lowest BCUT2D eigenvalue weighted by molar-refractivity contribution is 0.105. The Morgan fingerprint density at radius 3 is 0.585 bits per heavy atom. The van der Waals surface area contributed by atoms with Gasteiger partial charge in [-0.2, -0.15) is 0 Å². The van der Waals surface area contributed by atoms with Gasteiger partial charge in [-0.1, -0.05) is 13.8 Å². The Kier molecular flexibility index (Phi) is 30.0. The number of aromatic amines is 6. The molecule has 16 rings (SSSR count). The summed E-state index contributed by atoms with van der Waals surface area (Å²) >= 11 is 0. The van der Waals surface area contributed by atoms with Gasteiger partial charge in [-0.15, -0.1) is 0 Å². The summed E-state index contributed by atoms with van der Waals surface area (Å²) in [5, 5.41) is 104. The van der Waals surface area contributed by atoms with Crippen LogP contribution in [0.25, 0.3) is 157 Å². The molecule has 6 aromatic carbocycles. The predicted octanol–water partition coefficient (Wildman–Crippen LogP) is 19.2. The number of fused-ring (bicyclic) bond motifs is 18. The second-order valence-electron chi connectivity index (χ2n) is 32.7. The monoisotopic (exact) mass is 2010 g/mol. The van der Waals surface area contributed by atoms with Crippen LogP contribution in [0.4, 0.5) is 128 Å². The first-order valence-corrected chi connectivity index (χ1v) is 43.0. The van der Waals surface area contributed by atoms with Crippen LogP contribution in [-0.4, -0.2) is 180 Å². The van der Waals surface area contributed by atoms with E-state index in [9.17, 15) is 40.9 Å². The number of nitrogens with zero attached hydrogens (tertiary/aromatic N) is 2. The summed E-state index contributed by atoms with van der Waals surface area (Å²) < 4.78 is 389. The zero-order valence-electron chi connectivity index (χ0n) is 73.0. The van der Waals surface area contributed by atoms with Crippen molar-refractivity contribution >= 4 is 113 Å². The molecule has 0 unspecified atom stereocenters. The molecule has 22 nitrogen and oxygen atoms in total. The lowest BCUT2D eigenvalue weighted by Gasteiger charge is -2.16. The molecule has 2 aliphatic heterocycles. The maximum absolute atomic E-state index is 16.6. The van der Waals surface area contributed by atoms with E-state index >= 15 is 105 Å². The van der Waals surface area contributed by atoms with Crippen molar-refractivity contribution in [2.24, 2.45) is 0 Å². The molecule has 0 spiro atoms. The molecule has 8 aromatic heterocycles. The van der Waals surface area contributed by atoms with Crippen molar-refractivity contribution in [1.82, 2.24) is 39.9 Å². The summed E-state index contributed by atoms with van der Waals surface area (Å²) in [6.45, 7) is -3.76. The Morgan fingerprint density at radius 1 is 0.218 bits per heavy atom. The summed E-state index contributed by atoms with van der Waals surface area (Å²) in [5.41, 5.74) is -27.3. The predicted molar refractivity (Wildman–Crippen MR) is 478 cm³/mol. The quantitative estimate of drug-likeness (QED) is 0.0147. The van der Waals surface area contributed by atoms with Gasteiger partial charge in [-0.05, 0) is 136 Å². The minimum absolute atomic E-state index is 0.0493. The van der Waals surface area contributed by atoms with Gasteiger partial charge in [0.25, 0.3) is 0 Å². The molecule has 0 saturated carbocycles. The Labute approximate surface area is 782 Å². The molecule has 16 bridgehead atoms. The SMILES string of the molecule is CC[C@@H](O)CCc1c(F)c(F)c(-c2c3ccc([nH]3)c3nc(c(-c4c(F)c(F)c(NC[C@H](O)CO)c(F)c4F)c4ccc([nH]4)c(-c4c(F)c(F)c(NC[C@H](O)CO)c(F)c4F)c4ccc2[nH]4)C=C3)c(F)c1F.CC[C@H](O)CCc1c(F)c(F)c(-c2c3ccc([nH]3)c3nc(c(-c4c(F)c(F)c(NC[C@@H](O)CO)c(F)c4F)c4ccc([nH]4)c(-c4c(F)c(F)c(NC[C@@H](O)CO)c(F)c4F)c4ccc2[nH]4)C=C3)c(F)c1F. The molecule has 0 amide bonds. The number of halogens is 24. The van der Waals surface area contributed by atoms with Crippen molar-refractivity contribution in [2.75, 3.05) is 73.9 Å². The zero-order chi connectivity index (χ0) is 103. The van der Waals surface area contributed by atoms with Gasteiger partial charge in [0.05, 0.1) is 130 Å². The first kappa shape index (κ1) is 102. The van der Waals surface area contributed by atoms with Crippen LogP contribution >= 0.6 is 0 Å². The molecular weight excluding hydrogens is 1940 g/mol. The summed E-state index contributed by atoms with van der Waals surface area (Å²) in [6.07, 6.45) is -5.71. The standard InChI is InChI=1S/2C48H38F12N6O5/c2*1-2-17(69)3-4-20-35(49)37(51)32(38(52)36(20)50)29-23-7-5-21(63-23)22-6-8-24(64-22)30(33-39(53)43(57)47(44(58)40(33)54)61-13-18(70)15-67)26-10-12-28(66-26)31(27-11-9-25(29)65-27)34-41(55)45(59)48(46(60)42(34)56)62-14-19(71)16-68/h2*5-12,17-19,61-63,65-71H,2-4,13-16H2,1H3/t2*17-,18+,19+/m10/s1. The molecule has 6 atom stereocenters. The van der Waals surface area contributed by atoms with E-state index in [1.54, 1.807) is 13.8 Å². The normalized spacial score (nSPS) is 13.4. The molecule has 46 heteroatoms. The molecule has 142 heavy (non-hydrogen) atoms. The van der Waals surface area contributed by atoms with Crippen LogP contribution in [0.5, 0.6) is 0 Å². The third-order valence-corrected chi connectivity index (χ3v) is 23.7. The largest absolute Gasteiger partial charge is 0.394 e. The van der Waals surface area contributed by atoms with Gasteiger partial charge in [0.15, 0.2) is 140 Å². The van der Waals surface area contributed by atoms with Crippen molar-refractivity contribution in [3.8, 4) is 66.8 Å². The van der Waals surface area contributed by atoms with Crippen LogP contribution in [0.2, 0.25) is 0 Å². The number of aliphatic hydroxyl groups excluding tert-OH is 10. The minimum Gasteiger partial charge on any atom is -0.394 e. The number of hydrogen-bond acceptors (Lipinski definition) is 16. The fraction of sp³-hybridized carbons (Fsp3) is 0.229. The fourth-order valence-electron chi connectivity index (χ4n) is 16.3. The topological polar surface area (TPSA) is 371 Å². The van der Waals surface area contributed by atoms with Crippen LogP contribution in [-0.2, 0) is 12.8 Å². The van der Waals surface area contributed by atoms with E-state index in [0.717, 1.165) is 72.8 Å². The molecule has 14 aromatic rings. The number of rotatable bonds is 30. The molecule has 10 heterocycles. The van der Waals surface area contributed by atoms with Gasteiger partial charge in [-0.25, -0.2) is 115 Å². The second-order valence-corrected chi connectivity index (χ2v) is 32.7. The molecule has 2 aliphatic rings. The summed E-state index contributed by atoms with van der Waals surface area (Å²) in [5.74, 6) is -48.2. The fourth-order valence-corrected chi connectivity index (χ4v) is 16.3. The third kappa shape index (κ3) is 18.7. The van der Waals surface area contributed by atoms with E-state index in [-0.39, 0.29) is 59.1 Å². The zero-order valence-corrected chi connectivity index (χ0v) is 73.0.